The van der Waals surface area contributed by atoms with Crippen molar-refractivity contribution in [2.24, 2.45) is 0 Å². The van der Waals surface area contributed by atoms with Gasteiger partial charge in [0.25, 0.3) is 0 Å². The Kier molecular flexibility index (Phi) is 4.90. The lowest BCUT2D eigenvalue weighted by Gasteiger charge is -2.16. The van der Waals surface area contributed by atoms with Crippen LogP contribution < -0.4 is 0 Å². The van der Waals surface area contributed by atoms with Crippen LogP contribution in [0.1, 0.15) is 37.9 Å². The number of aliphatic hydroxyl groups is 1. The van der Waals surface area contributed by atoms with Crippen LogP contribution in [0.5, 0.6) is 0 Å². The van der Waals surface area contributed by atoms with Crippen LogP contribution in [0.4, 0.5) is 9.18 Å². The van der Waals surface area contributed by atoms with E-state index in [4.69, 9.17) is 4.74 Å². The van der Waals surface area contributed by atoms with Crippen LogP contribution >= 0.6 is 0 Å². The highest BCUT2D eigenvalue weighted by Gasteiger charge is 2.34. The largest absolute Gasteiger partial charge is 0.447 e. The van der Waals surface area contributed by atoms with Gasteiger partial charge in [0.2, 0.25) is 5.91 Å². The third-order valence-corrected chi connectivity index (χ3v) is 3.48. The van der Waals surface area contributed by atoms with E-state index in [1.54, 1.807) is 6.92 Å². The fourth-order valence-corrected chi connectivity index (χ4v) is 2.28. The van der Waals surface area contributed by atoms with Gasteiger partial charge in [0, 0.05) is 6.42 Å². The lowest BCUT2D eigenvalue weighted by Crippen LogP contribution is -2.37. The minimum absolute atomic E-state index is 0.164. The number of benzene rings is 1. The van der Waals surface area contributed by atoms with Crippen molar-refractivity contribution in [3.05, 3.63) is 35.6 Å². The van der Waals surface area contributed by atoms with Gasteiger partial charge in [-0.15, -0.1) is 0 Å². The molecule has 1 saturated heterocycles. The van der Waals surface area contributed by atoms with E-state index < -0.39 is 12.2 Å². The maximum atomic E-state index is 12.8. The minimum atomic E-state index is -0.749. The van der Waals surface area contributed by atoms with E-state index in [0.717, 1.165) is 4.90 Å². The van der Waals surface area contributed by atoms with E-state index >= 15 is 0 Å². The summed E-state index contributed by atoms with van der Waals surface area (Å²) in [6.45, 7) is 1.97. The summed E-state index contributed by atoms with van der Waals surface area (Å²) in [6.07, 6.45) is -0.381. The van der Waals surface area contributed by atoms with Crippen molar-refractivity contribution >= 4 is 12.0 Å². The molecular formula is C15H18FNO4. The number of carbonyl (C=O) groups excluding carboxylic acids is 2. The predicted octanol–water partition coefficient (Wildman–Crippen LogP) is 2.40. The smallest absolute Gasteiger partial charge is 0.416 e. The number of cyclic esters (lactones) is 1. The highest BCUT2D eigenvalue weighted by Crippen LogP contribution is 2.21. The number of ether oxygens (including phenoxy) is 1. The van der Waals surface area contributed by atoms with Crippen molar-refractivity contribution in [1.82, 2.24) is 4.90 Å². The van der Waals surface area contributed by atoms with Gasteiger partial charge in [0.1, 0.15) is 12.4 Å². The first-order chi connectivity index (χ1) is 9.99. The van der Waals surface area contributed by atoms with Gasteiger partial charge in [0.05, 0.1) is 12.1 Å². The first-order valence-corrected chi connectivity index (χ1v) is 6.91. The fourth-order valence-electron chi connectivity index (χ4n) is 2.28. The minimum Gasteiger partial charge on any atom is -0.447 e. The molecule has 0 aromatic heterocycles. The van der Waals surface area contributed by atoms with E-state index in [1.807, 2.05) is 0 Å². The highest BCUT2D eigenvalue weighted by molar-refractivity contribution is 5.93. The number of amides is 2. The van der Waals surface area contributed by atoms with Crippen molar-refractivity contribution in [3.8, 4) is 0 Å². The van der Waals surface area contributed by atoms with Gasteiger partial charge in [-0.05, 0) is 37.5 Å². The number of imide groups is 1. The molecule has 1 aliphatic rings. The molecule has 21 heavy (non-hydrogen) atoms. The molecule has 0 saturated carbocycles. The van der Waals surface area contributed by atoms with Crippen molar-refractivity contribution in [2.75, 3.05) is 6.61 Å². The number of rotatable bonds is 5. The number of carbonyl (C=O) groups is 2. The average Bonchev–Trinajstić information content (AvgIpc) is 2.78. The highest BCUT2D eigenvalue weighted by atomic mass is 19.1. The standard InChI is InChI=1S/C15H18FNO4/c1-10-9-21-15(20)17(10)14(19)4-2-3-13(18)11-5-7-12(16)8-6-11/h5-8,10,13,18H,2-4,9H2,1H3/t10-,13-/m0/s1. The molecule has 1 N–H and O–H groups in total. The molecule has 0 unspecified atom stereocenters. The molecule has 1 aromatic carbocycles. The zero-order valence-corrected chi connectivity index (χ0v) is 11.8. The van der Waals surface area contributed by atoms with Gasteiger partial charge in [-0.1, -0.05) is 12.1 Å². The van der Waals surface area contributed by atoms with E-state index in [2.05, 4.69) is 0 Å². The molecule has 6 heteroatoms. The van der Waals surface area contributed by atoms with Gasteiger partial charge in [0.15, 0.2) is 0 Å². The van der Waals surface area contributed by atoms with Crippen LogP contribution in [-0.4, -0.2) is 34.7 Å². The Morgan fingerprint density at radius 3 is 2.71 bits per heavy atom. The zero-order chi connectivity index (χ0) is 15.4. The molecule has 0 spiro atoms. The van der Waals surface area contributed by atoms with Gasteiger partial charge in [-0.25, -0.2) is 14.1 Å². The second kappa shape index (κ2) is 6.67. The van der Waals surface area contributed by atoms with Crippen molar-refractivity contribution < 1.29 is 23.8 Å². The summed E-state index contributed by atoms with van der Waals surface area (Å²) < 4.78 is 17.6. The van der Waals surface area contributed by atoms with E-state index in [1.165, 1.54) is 24.3 Å². The van der Waals surface area contributed by atoms with Crippen LogP contribution in [0.3, 0.4) is 0 Å². The third-order valence-electron chi connectivity index (χ3n) is 3.48. The van der Waals surface area contributed by atoms with Crippen LogP contribution in [0.25, 0.3) is 0 Å². The third kappa shape index (κ3) is 3.78. The molecule has 0 radical (unpaired) electrons. The normalized spacial score (nSPS) is 19.5. The Labute approximate surface area is 122 Å². The molecule has 1 aliphatic heterocycles. The summed E-state index contributed by atoms with van der Waals surface area (Å²) in [5.74, 6) is -0.654. The molecular weight excluding hydrogens is 277 g/mol. The summed E-state index contributed by atoms with van der Waals surface area (Å²) in [5.41, 5.74) is 0.609. The molecule has 5 nitrogen and oxygen atoms in total. The lowest BCUT2D eigenvalue weighted by molar-refractivity contribution is -0.129. The Hall–Kier alpha value is -1.95. The Morgan fingerprint density at radius 2 is 2.14 bits per heavy atom. The second-order valence-corrected chi connectivity index (χ2v) is 5.15. The quantitative estimate of drug-likeness (QED) is 0.905. The first-order valence-electron chi connectivity index (χ1n) is 6.91. The fraction of sp³-hybridized carbons (Fsp3) is 0.467. The van der Waals surface area contributed by atoms with Crippen molar-refractivity contribution in [3.63, 3.8) is 0 Å². The molecule has 0 aliphatic carbocycles. The maximum absolute atomic E-state index is 12.8. The molecule has 2 atom stereocenters. The van der Waals surface area contributed by atoms with Crippen LogP contribution in [0.2, 0.25) is 0 Å². The number of hydrogen-bond donors (Lipinski definition) is 1. The van der Waals surface area contributed by atoms with Gasteiger partial charge >= 0.3 is 6.09 Å². The number of nitrogens with zero attached hydrogens (tertiary/aromatic N) is 1. The maximum Gasteiger partial charge on any atom is 0.416 e. The van der Waals surface area contributed by atoms with Crippen LogP contribution in [0, 0.1) is 5.82 Å². The topological polar surface area (TPSA) is 66.8 Å². The Balaban J connectivity index is 1.80. The Bertz CT molecular complexity index is 517. The number of hydrogen-bond acceptors (Lipinski definition) is 4. The summed E-state index contributed by atoms with van der Waals surface area (Å²) in [5, 5.41) is 9.95. The molecule has 1 heterocycles. The van der Waals surface area contributed by atoms with Gasteiger partial charge < -0.3 is 9.84 Å². The number of aliphatic hydroxyl groups excluding tert-OH is 1. The van der Waals surface area contributed by atoms with E-state index in [9.17, 15) is 19.1 Å². The molecule has 114 valence electrons. The lowest BCUT2D eigenvalue weighted by atomic mass is 10.0. The monoisotopic (exact) mass is 295 g/mol. The molecule has 0 bridgehead atoms. The summed E-state index contributed by atoms with van der Waals surface area (Å²) in [4.78, 5) is 24.4. The summed E-state index contributed by atoms with van der Waals surface area (Å²) in [7, 11) is 0. The number of halogens is 1. The molecule has 2 rings (SSSR count). The second-order valence-electron chi connectivity index (χ2n) is 5.15. The Morgan fingerprint density at radius 1 is 1.48 bits per heavy atom. The summed E-state index contributed by atoms with van der Waals surface area (Å²) in [6, 6.07) is 5.35. The van der Waals surface area contributed by atoms with Crippen molar-refractivity contribution in [2.45, 2.75) is 38.3 Å². The van der Waals surface area contributed by atoms with E-state index in [-0.39, 0.29) is 30.8 Å². The first kappa shape index (κ1) is 15.4. The predicted molar refractivity (Wildman–Crippen MR) is 72.9 cm³/mol. The van der Waals surface area contributed by atoms with Crippen LogP contribution in [-0.2, 0) is 9.53 Å². The SMILES string of the molecule is C[C@H]1COC(=O)N1C(=O)CCC[C@H](O)c1ccc(F)cc1. The molecule has 1 aromatic rings. The van der Waals surface area contributed by atoms with Crippen LogP contribution in [0.15, 0.2) is 24.3 Å². The van der Waals surface area contributed by atoms with Gasteiger partial charge in [-0.3, -0.25) is 4.79 Å². The van der Waals surface area contributed by atoms with Gasteiger partial charge in [-0.2, -0.15) is 0 Å². The summed E-state index contributed by atoms with van der Waals surface area (Å²) >= 11 is 0. The zero-order valence-electron chi connectivity index (χ0n) is 11.8. The molecule has 1 fully saturated rings. The average molecular weight is 295 g/mol. The van der Waals surface area contributed by atoms with E-state index in [0.29, 0.717) is 18.4 Å². The van der Waals surface area contributed by atoms with Crippen molar-refractivity contribution in [1.29, 1.82) is 0 Å². The molecule has 2 amide bonds.